The molecule has 0 aromatic heterocycles. The molecule has 1 amide bonds. The summed E-state index contributed by atoms with van der Waals surface area (Å²) in [5.74, 6) is -1.80. The van der Waals surface area contributed by atoms with Crippen molar-refractivity contribution >= 4 is 29.7 Å². The van der Waals surface area contributed by atoms with E-state index in [-0.39, 0.29) is 31.2 Å². The van der Waals surface area contributed by atoms with Crippen molar-refractivity contribution in [2.45, 2.75) is 25.5 Å². The molecule has 0 fully saturated rings. The second-order valence-corrected chi connectivity index (χ2v) is 6.14. The van der Waals surface area contributed by atoms with Crippen LogP contribution in [-0.2, 0) is 20.9 Å². The number of alkyl carbamates (subject to hydrolysis) is 1. The lowest BCUT2D eigenvalue weighted by Gasteiger charge is -2.14. The highest BCUT2D eigenvalue weighted by Crippen LogP contribution is 2.18. The zero-order valence-electron chi connectivity index (χ0n) is 16.0. The van der Waals surface area contributed by atoms with Crippen LogP contribution in [0.2, 0.25) is 0 Å². The van der Waals surface area contributed by atoms with Gasteiger partial charge in [0.2, 0.25) is 0 Å². The largest absolute Gasteiger partial charge is 0.480 e. The van der Waals surface area contributed by atoms with E-state index in [4.69, 9.17) is 20.9 Å². The average molecular weight is 414 g/mol. The molecule has 1 atom stereocenters. The van der Waals surface area contributed by atoms with Crippen LogP contribution < -0.4 is 21.5 Å². The lowest BCUT2D eigenvalue weighted by molar-refractivity contribution is -0.140. The number of nitrogens with zero attached hydrogens (tertiary/aromatic N) is 1. The zero-order chi connectivity index (χ0) is 21.9. The molecule has 0 aliphatic heterocycles. The number of benzene rings is 2. The van der Waals surface area contributed by atoms with Gasteiger partial charge in [-0.15, -0.1) is 0 Å². The number of esters is 1. The molecule has 2 aromatic rings. The van der Waals surface area contributed by atoms with E-state index in [1.54, 1.807) is 36.4 Å². The maximum atomic E-state index is 12.0. The Balaban J connectivity index is 1.80. The summed E-state index contributed by atoms with van der Waals surface area (Å²) in [5, 5.41) is 11.5. The van der Waals surface area contributed by atoms with Crippen LogP contribution >= 0.6 is 0 Å². The van der Waals surface area contributed by atoms with Crippen molar-refractivity contribution in [2.24, 2.45) is 16.5 Å². The fraction of sp³-hybridized carbons (Fsp3) is 0.200. The first kappa shape index (κ1) is 22.2. The van der Waals surface area contributed by atoms with Crippen molar-refractivity contribution in [3.8, 4) is 5.75 Å². The minimum atomic E-state index is -1.30. The average Bonchev–Trinajstić information content (AvgIpc) is 2.71. The maximum absolute atomic E-state index is 12.0. The van der Waals surface area contributed by atoms with E-state index in [9.17, 15) is 19.5 Å². The van der Waals surface area contributed by atoms with E-state index in [1.165, 1.54) is 12.1 Å². The van der Waals surface area contributed by atoms with Gasteiger partial charge < -0.3 is 31.4 Å². The third kappa shape index (κ3) is 7.89. The van der Waals surface area contributed by atoms with Crippen molar-refractivity contribution in [1.82, 2.24) is 5.32 Å². The number of carbonyl (C=O) groups excluding carboxylic acids is 2. The molecule has 0 saturated heterocycles. The van der Waals surface area contributed by atoms with Crippen LogP contribution in [0.5, 0.6) is 5.75 Å². The van der Waals surface area contributed by atoms with Crippen LogP contribution in [0.25, 0.3) is 0 Å². The highest BCUT2D eigenvalue weighted by atomic mass is 16.5. The Kier molecular flexibility index (Phi) is 8.18. The van der Waals surface area contributed by atoms with Crippen LogP contribution in [0, 0.1) is 0 Å². The lowest BCUT2D eigenvalue weighted by atomic mass is 10.1. The van der Waals surface area contributed by atoms with Crippen molar-refractivity contribution in [1.29, 1.82) is 0 Å². The molecule has 6 N–H and O–H groups in total. The standard InChI is InChI=1S/C20H22N4O6/c21-19(22)23-14-6-8-15(9-7-14)30-17(25)11-10-16(18(26)27)24-20(28)29-12-13-4-2-1-3-5-13/h1-9,16H,10-12H2,(H,24,28)(H,26,27)(H4,21,22,23)/t16-/m0/s1. The number of hydrogen-bond donors (Lipinski definition) is 4. The number of aliphatic imine (C=N–C) groups is 1. The first-order chi connectivity index (χ1) is 14.3. The third-order valence-corrected chi connectivity index (χ3v) is 3.77. The van der Waals surface area contributed by atoms with Gasteiger partial charge in [-0.3, -0.25) is 4.79 Å². The van der Waals surface area contributed by atoms with E-state index in [0.29, 0.717) is 5.69 Å². The summed E-state index contributed by atoms with van der Waals surface area (Å²) in [6.07, 6.45) is -1.29. The normalized spacial score (nSPS) is 11.1. The quantitative estimate of drug-likeness (QED) is 0.208. The first-order valence-electron chi connectivity index (χ1n) is 8.94. The predicted molar refractivity (Wildman–Crippen MR) is 108 cm³/mol. The minimum Gasteiger partial charge on any atom is -0.480 e. The molecule has 0 bridgehead atoms. The number of nitrogens with two attached hydrogens (primary N) is 2. The van der Waals surface area contributed by atoms with Gasteiger partial charge in [0, 0.05) is 6.42 Å². The molecule has 10 heteroatoms. The maximum Gasteiger partial charge on any atom is 0.408 e. The van der Waals surface area contributed by atoms with Gasteiger partial charge in [-0.2, -0.15) is 0 Å². The highest BCUT2D eigenvalue weighted by Gasteiger charge is 2.22. The Hall–Kier alpha value is -4.08. The third-order valence-electron chi connectivity index (χ3n) is 3.77. The second kappa shape index (κ2) is 11.1. The Morgan fingerprint density at radius 1 is 1.03 bits per heavy atom. The Morgan fingerprint density at radius 3 is 2.30 bits per heavy atom. The number of carboxylic acid groups (broad SMARTS) is 1. The lowest BCUT2D eigenvalue weighted by Crippen LogP contribution is -2.41. The monoisotopic (exact) mass is 414 g/mol. The molecule has 30 heavy (non-hydrogen) atoms. The van der Waals surface area contributed by atoms with E-state index in [0.717, 1.165) is 5.56 Å². The van der Waals surface area contributed by atoms with E-state index < -0.39 is 24.1 Å². The Labute approximate surface area is 172 Å². The fourth-order valence-electron chi connectivity index (χ4n) is 2.35. The number of ether oxygens (including phenoxy) is 2. The van der Waals surface area contributed by atoms with Gasteiger partial charge in [-0.05, 0) is 36.2 Å². The number of carboxylic acids is 1. The molecule has 10 nitrogen and oxygen atoms in total. The van der Waals surface area contributed by atoms with Gasteiger partial charge in [-0.25, -0.2) is 14.6 Å². The topological polar surface area (TPSA) is 166 Å². The smallest absolute Gasteiger partial charge is 0.408 e. The van der Waals surface area contributed by atoms with Gasteiger partial charge in [0.1, 0.15) is 18.4 Å². The molecule has 0 heterocycles. The number of rotatable bonds is 9. The van der Waals surface area contributed by atoms with Crippen LogP contribution in [0.15, 0.2) is 59.6 Å². The van der Waals surface area contributed by atoms with Crippen molar-refractivity contribution in [2.75, 3.05) is 0 Å². The van der Waals surface area contributed by atoms with Crippen LogP contribution in [0.4, 0.5) is 10.5 Å². The molecule has 0 unspecified atom stereocenters. The minimum absolute atomic E-state index is 0.00307. The summed E-state index contributed by atoms with van der Waals surface area (Å²) in [6, 6.07) is 13.7. The molecular formula is C20H22N4O6. The van der Waals surface area contributed by atoms with E-state index >= 15 is 0 Å². The van der Waals surface area contributed by atoms with Crippen molar-refractivity contribution in [3.63, 3.8) is 0 Å². The Bertz CT molecular complexity index is 895. The number of aliphatic carboxylic acids is 1. The zero-order valence-corrected chi connectivity index (χ0v) is 16.0. The van der Waals surface area contributed by atoms with Gasteiger partial charge in [0.05, 0.1) is 5.69 Å². The molecule has 0 saturated carbocycles. The number of hydrogen-bond acceptors (Lipinski definition) is 6. The van der Waals surface area contributed by atoms with E-state index in [2.05, 4.69) is 10.3 Å². The van der Waals surface area contributed by atoms with Gasteiger partial charge >= 0.3 is 18.0 Å². The first-order valence-corrected chi connectivity index (χ1v) is 8.94. The SMILES string of the molecule is NC(N)=Nc1ccc(OC(=O)CC[C@H](NC(=O)OCc2ccccc2)C(=O)O)cc1. The molecule has 2 rings (SSSR count). The molecule has 0 radical (unpaired) electrons. The van der Waals surface area contributed by atoms with Gasteiger partial charge in [-0.1, -0.05) is 30.3 Å². The molecule has 0 spiro atoms. The summed E-state index contributed by atoms with van der Waals surface area (Å²) in [4.78, 5) is 39.0. The van der Waals surface area contributed by atoms with Gasteiger partial charge in [0.25, 0.3) is 0 Å². The predicted octanol–water partition coefficient (Wildman–Crippen LogP) is 1.66. The molecule has 158 valence electrons. The summed E-state index contributed by atoms with van der Waals surface area (Å²) < 4.78 is 10.1. The molecular weight excluding hydrogens is 392 g/mol. The Morgan fingerprint density at radius 2 is 1.70 bits per heavy atom. The van der Waals surface area contributed by atoms with E-state index in [1.807, 2.05) is 6.07 Å². The molecule has 0 aliphatic rings. The van der Waals surface area contributed by atoms with Crippen LogP contribution in [0.3, 0.4) is 0 Å². The molecule has 2 aromatic carbocycles. The number of guanidine groups is 1. The van der Waals surface area contributed by atoms with Gasteiger partial charge in [0.15, 0.2) is 5.96 Å². The summed E-state index contributed by atoms with van der Waals surface area (Å²) >= 11 is 0. The van der Waals surface area contributed by atoms with Crippen molar-refractivity contribution in [3.05, 3.63) is 60.2 Å². The fourth-order valence-corrected chi connectivity index (χ4v) is 2.35. The second-order valence-electron chi connectivity index (χ2n) is 6.14. The number of nitrogens with one attached hydrogen (secondary N) is 1. The summed E-state index contributed by atoms with van der Waals surface area (Å²) in [7, 11) is 0. The highest BCUT2D eigenvalue weighted by molar-refractivity contribution is 5.81. The number of carbonyl (C=O) groups is 3. The number of amides is 1. The molecule has 0 aliphatic carbocycles. The van der Waals surface area contributed by atoms with Crippen molar-refractivity contribution < 1.29 is 29.0 Å². The van der Waals surface area contributed by atoms with Crippen LogP contribution in [0.1, 0.15) is 18.4 Å². The summed E-state index contributed by atoms with van der Waals surface area (Å²) in [5.41, 5.74) is 11.8. The summed E-state index contributed by atoms with van der Waals surface area (Å²) in [6.45, 7) is -0.00307. The van der Waals surface area contributed by atoms with Crippen LogP contribution in [-0.4, -0.2) is 35.1 Å².